The molecular formula is C33H46N4S. The topological polar surface area (TPSA) is 40.9 Å². The normalized spacial score (nSPS) is 16.5. The minimum Gasteiger partial charge on any atom is -0.273 e. The largest absolute Gasteiger partial charge is 0.273 e. The first kappa shape index (κ1) is 29.9. The Balaban J connectivity index is 2.15. The van der Waals surface area contributed by atoms with Crippen LogP contribution in [0.25, 0.3) is 10.9 Å². The van der Waals surface area contributed by atoms with E-state index in [4.69, 9.17) is 9.98 Å². The van der Waals surface area contributed by atoms with Crippen LogP contribution in [0, 0.1) is 5.92 Å². The zero-order chi connectivity index (χ0) is 27.7. The quantitative estimate of drug-likeness (QED) is 0.157. The third-order valence-corrected chi connectivity index (χ3v) is 8.75. The first-order valence-corrected chi connectivity index (χ1v) is 15.2. The number of likely N-dealkylation sites (N-methyl/N-ethyl adjacent to an activating group) is 1. The highest BCUT2D eigenvalue weighted by molar-refractivity contribution is 7.99. The van der Waals surface area contributed by atoms with E-state index >= 15 is 0 Å². The van der Waals surface area contributed by atoms with E-state index in [0.717, 1.165) is 54.2 Å². The number of aryl methyl sites for hydroxylation is 2. The third-order valence-electron chi connectivity index (χ3n) is 7.70. The average molecular weight is 531 g/mol. The summed E-state index contributed by atoms with van der Waals surface area (Å²) in [7, 11) is 1.97. The number of benzene rings is 1. The molecule has 0 spiro atoms. The molecule has 204 valence electrons. The minimum atomic E-state index is 0.106. The van der Waals surface area contributed by atoms with Crippen LogP contribution in [0.15, 0.2) is 64.5 Å². The van der Waals surface area contributed by atoms with Gasteiger partial charge in [-0.3, -0.25) is 15.0 Å². The summed E-state index contributed by atoms with van der Waals surface area (Å²) in [5.74, 6) is 3.46. The summed E-state index contributed by atoms with van der Waals surface area (Å²) >= 11 is 2.10. The molecule has 4 nitrogen and oxygen atoms in total. The van der Waals surface area contributed by atoms with Gasteiger partial charge >= 0.3 is 0 Å². The van der Waals surface area contributed by atoms with Gasteiger partial charge in [0.2, 0.25) is 0 Å². The highest BCUT2D eigenvalue weighted by Gasteiger charge is 2.24. The first-order valence-electron chi connectivity index (χ1n) is 14.1. The Labute approximate surface area is 235 Å². The summed E-state index contributed by atoms with van der Waals surface area (Å²) in [4.78, 5) is 10.0. The lowest BCUT2D eigenvalue weighted by molar-refractivity contribution is 0.413. The number of aromatic nitrogens is 1. The maximum atomic E-state index is 5.21. The lowest BCUT2D eigenvalue weighted by atomic mass is 9.85. The maximum Gasteiger partial charge on any atom is 0.0708 e. The molecule has 1 aliphatic heterocycles. The van der Waals surface area contributed by atoms with Gasteiger partial charge in [0.15, 0.2) is 0 Å². The molecule has 1 atom stereocenters. The van der Waals surface area contributed by atoms with E-state index < -0.39 is 0 Å². The standard InChI is InChI=1S/C33H46N4S/c1-9-13-23(5)35-24(6)20-28(33(12-4)37(8)34-7)26-14-15-32-30(22-26)27(10-2)29(31(11-3)36-32)21-25-16-18-38-19-17-25/h9,12-15,22,25,28H,1,7,10-11,16-21H2,2-6,8H3/b23-13-,33-12-,35-24-. The lowest BCUT2D eigenvalue weighted by Gasteiger charge is -2.27. The van der Waals surface area contributed by atoms with E-state index in [1.807, 2.05) is 25.1 Å². The molecule has 0 bridgehead atoms. The van der Waals surface area contributed by atoms with Gasteiger partial charge in [-0.2, -0.15) is 16.9 Å². The summed E-state index contributed by atoms with van der Waals surface area (Å²) in [5.41, 5.74) is 9.81. The van der Waals surface area contributed by atoms with E-state index in [2.05, 4.69) is 82.1 Å². The van der Waals surface area contributed by atoms with Gasteiger partial charge in [0.25, 0.3) is 0 Å². The van der Waals surface area contributed by atoms with E-state index in [-0.39, 0.29) is 5.92 Å². The van der Waals surface area contributed by atoms with Crippen molar-refractivity contribution >= 4 is 35.1 Å². The van der Waals surface area contributed by atoms with Gasteiger partial charge in [0.1, 0.15) is 0 Å². The van der Waals surface area contributed by atoms with Crippen molar-refractivity contribution in [2.75, 3.05) is 18.6 Å². The summed E-state index contributed by atoms with van der Waals surface area (Å²) < 4.78 is 0. The number of nitrogens with zero attached hydrogens (tertiary/aromatic N) is 4. The van der Waals surface area contributed by atoms with E-state index in [0.29, 0.717) is 0 Å². The molecule has 2 heterocycles. The van der Waals surface area contributed by atoms with Gasteiger partial charge in [0, 0.05) is 47.9 Å². The van der Waals surface area contributed by atoms with Crippen molar-refractivity contribution in [2.24, 2.45) is 16.0 Å². The lowest BCUT2D eigenvalue weighted by Crippen LogP contribution is -2.19. The fourth-order valence-electron chi connectivity index (χ4n) is 5.77. The number of pyridine rings is 1. The van der Waals surface area contributed by atoms with Gasteiger partial charge in [-0.15, -0.1) is 0 Å². The second-order valence-corrected chi connectivity index (χ2v) is 11.5. The van der Waals surface area contributed by atoms with E-state index in [9.17, 15) is 0 Å². The van der Waals surface area contributed by atoms with Gasteiger partial charge in [-0.25, -0.2) is 0 Å². The van der Waals surface area contributed by atoms with Gasteiger partial charge in [0.05, 0.1) is 5.52 Å². The summed E-state index contributed by atoms with van der Waals surface area (Å²) in [5, 5.41) is 7.43. The van der Waals surface area contributed by atoms with Crippen molar-refractivity contribution in [3.8, 4) is 0 Å². The molecule has 0 radical (unpaired) electrons. The molecule has 0 amide bonds. The highest BCUT2D eigenvalue weighted by atomic mass is 32.2. The number of aliphatic imine (C=N–C) groups is 1. The van der Waals surface area contributed by atoms with Crippen LogP contribution in [0.4, 0.5) is 0 Å². The minimum absolute atomic E-state index is 0.106. The second-order valence-electron chi connectivity index (χ2n) is 10.3. The number of hydrazone groups is 1. The van der Waals surface area contributed by atoms with Crippen LogP contribution in [0.3, 0.4) is 0 Å². The number of fused-ring (bicyclic) bond motifs is 1. The van der Waals surface area contributed by atoms with Gasteiger partial charge in [-0.05, 0) is 112 Å². The van der Waals surface area contributed by atoms with Crippen LogP contribution in [-0.4, -0.2) is 41.0 Å². The van der Waals surface area contributed by atoms with Crippen molar-refractivity contribution in [2.45, 2.75) is 79.1 Å². The average Bonchev–Trinajstić information content (AvgIpc) is 2.92. The Morgan fingerprint density at radius 3 is 2.53 bits per heavy atom. The van der Waals surface area contributed by atoms with Crippen molar-refractivity contribution in [1.29, 1.82) is 0 Å². The van der Waals surface area contributed by atoms with Crippen molar-refractivity contribution in [3.63, 3.8) is 0 Å². The molecule has 5 heteroatoms. The third kappa shape index (κ3) is 7.25. The van der Waals surface area contributed by atoms with Crippen LogP contribution in [0.5, 0.6) is 0 Å². The highest BCUT2D eigenvalue weighted by Crippen LogP contribution is 2.36. The SMILES string of the molecule is C=C/C=C(C)\N=C(\C)CC(/C(=C/C)N(C)N=C)c1ccc2nc(CC)c(CC3CCSCC3)c(CC)c2c1. The Morgan fingerprint density at radius 1 is 1.18 bits per heavy atom. The molecule has 0 N–H and O–H groups in total. The molecule has 1 unspecified atom stereocenters. The van der Waals surface area contributed by atoms with Crippen LogP contribution >= 0.6 is 11.8 Å². The van der Waals surface area contributed by atoms with E-state index in [1.165, 1.54) is 52.1 Å². The number of hydrogen-bond acceptors (Lipinski definition) is 5. The van der Waals surface area contributed by atoms with Crippen molar-refractivity contribution in [3.05, 3.63) is 76.8 Å². The second kappa shape index (κ2) is 14.5. The number of hydrogen-bond donors (Lipinski definition) is 0. The summed E-state index contributed by atoms with van der Waals surface area (Å²) in [6.07, 6.45) is 12.5. The van der Waals surface area contributed by atoms with Crippen LogP contribution in [0.1, 0.15) is 82.2 Å². The molecule has 38 heavy (non-hydrogen) atoms. The summed E-state index contributed by atoms with van der Waals surface area (Å²) in [6.45, 7) is 18.4. The fraction of sp³-hybridized carbons (Fsp3) is 0.485. The molecule has 0 saturated carbocycles. The molecule has 0 aliphatic carbocycles. The summed E-state index contributed by atoms with van der Waals surface area (Å²) in [6, 6.07) is 6.86. The number of rotatable bonds is 12. The smallest absolute Gasteiger partial charge is 0.0708 e. The van der Waals surface area contributed by atoms with Crippen molar-refractivity contribution in [1.82, 2.24) is 9.99 Å². The molecule has 3 rings (SSSR count). The molecule has 1 fully saturated rings. The molecule has 2 aromatic rings. The Kier molecular flexibility index (Phi) is 11.4. The predicted molar refractivity (Wildman–Crippen MR) is 170 cm³/mol. The predicted octanol–water partition coefficient (Wildman–Crippen LogP) is 8.52. The Hall–Kier alpha value is -2.66. The zero-order valence-electron chi connectivity index (χ0n) is 24.4. The number of allylic oxidation sites excluding steroid dienone is 5. The molecule has 1 saturated heterocycles. The monoisotopic (exact) mass is 530 g/mol. The van der Waals surface area contributed by atoms with Crippen molar-refractivity contribution < 1.29 is 0 Å². The van der Waals surface area contributed by atoms with Gasteiger partial charge in [-0.1, -0.05) is 38.6 Å². The molecule has 1 aliphatic rings. The fourth-order valence-corrected chi connectivity index (χ4v) is 6.98. The molecule has 1 aromatic carbocycles. The Morgan fingerprint density at radius 2 is 1.92 bits per heavy atom. The number of thioether (sulfide) groups is 1. The van der Waals surface area contributed by atoms with E-state index in [1.54, 1.807) is 6.08 Å². The van der Waals surface area contributed by atoms with Crippen LogP contribution < -0.4 is 0 Å². The van der Waals surface area contributed by atoms with Crippen LogP contribution in [0.2, 0.25) is 0 Å². The first-order chi connectivity index (χ1) is 18.4. The zero-order valence-corrected chi connectivity index (χ0v) is 25.2. The Bertz CT molecular complexity index is 1220. The maximum absolute atomic E-state index is 5.21. The van der Waals surface area contributed by atoms with Crippen LogP contribution in [-0.2, 0) is 19.3 Å². The molecular weight excluding hydrogens is 484 g/mol. The van der Waals surface area contributed by atoms with Gasteiger partial charge < -0.3 is 0 Å². The molecule has 1 aromatic heterocycles.